The van der Waals surface area contributed by atoms with E-state index in [0.717, 1.165) is 36.0 Å². The first kappa shape index (κ1) is 15.1. The van der Waals surface area contributed by atoms with Crippen molar-refractivity contribution in [1.29, 1.82) is 0 Å². The first-order valence-electron chi connectivity index (χ1n) is 7.54. The number of aromatic hydroxyl groups is 1. The van der Waals surface area contributed by atoms with E-state index in [1.807, 2.05) is 19.1 Å². The summed E-state index contributed by atoms with van der Waals surface area (Å²) in [6, 6.07) is 3.69. The molecule has 22 heavy (non-hydrogen) atoms. The number of nitrogens with zero attached hydrogens (tertiary/aromatic N) is 4. The highest BCUT2D eigenvalue weighted by atomic mass is 32.1. The Morgan fingerprint density at radius 2 is 2.14 bits per heavy atom. The van der Waals surface area contributed by atoms with Gasteiger partial charge in [-0.05, 0) is 25.2 Å². The van der Waals surface area contributed by atoms with Gasteiger partial charge in [0, 0.05) is 6.42 Å². The molecule has 1 unspecified atom stereocenters. The molecule has 0 radical (unpaired) electrons. The van der Waals surface area contributed by atoms with Crippen molar-refractivity contribution in [3.05, 3.63) is 34.9 Å². The van der Waals surface area contributed by atoms with E-state index >= 15 is 0 Å². The number of hydrogen-bond acceptors (Lipinski definition) is 6. The minimum Gasteiger partial charge on any atom is -0.492 e. The maximum absolute atomic E-state index is 10.6. The van der Waals surface area contributed by atoms with E-state index in [-0.39, 0.29) is 11.9 Å². The molecule has 0 aliphatic rings. The number of aromatic nitrogens is 3. The molecule has 3 aromatic heterocycles. The lowest BCUT2D eigenvalue weighted by Crippen LogP contribution is -2.28. The monoisotopic (exact) mass is 320 g/mol. The quantitative estimate of drug-likeness (QED) is 0.756. The minimum absolute atomic E-state index is 0.122. The fourth-order valence-electron chi connectivity index (χ4n) is 2.63. The number of hydrogen-bond donors (Lipinski definition) is 1. The van der Waals surface area contributed by atoms with Crippen molar-refractivity contribution >= 4 is 16.3 Å². The highest BCUT2D eigenvalue weighted by Gasteiger charge is 2.30. The second-order valence-corrected chi connectivity index (χ2v) is 6.01. The Morgan fingerprint density at radius 1 is 1.36 bits per heavy atom. The van der Waals surface area contributed by atoms with E-state index in [9.17, 15) is 5.11 Å². The SMILES string of the molecule is CCc1nc2sc(C(c3ccco3)N(CC)CC)c(O)n2n1. The average molecular weight is 320 g/mol. The largest absolute Gasteiger partial charge is 0.492 e. The molecule has 7 heteroatoms. The second kappa shape index (κ2) is 6.10. The van der Waals surface area contributed by atoms with Gasteiger partial charge in [0.15, 0.2) is 5.82 Å². The summed E-state index contributed by atoms with van der Waals surface area (Å²) in [6.45, 7) is 7.91. The Hall–Kier alpha value is -1.86. The van der Waals surface area contributed by atoms with Crippen LogP contribution in [-0.4, -0.2) is 37.7 Å². The lowest BCUT2D eigenvalue weighted by Gasteiger charge is -2.27. The number of fused-ring (bicyclic) bond motifs is 1. The fraction of sp³-hybridized carbons (Fsp3) is 0.467. The van der Waals surface area contributed by atoms with Crippen LogP contribution in [0.2, 0.25) is 0 Å². The Kier molecular flexibility index (Phi) is 4.17. The Labute approximate surface area is 133 Å². The highest BCUT2D eigenvalue weighted by Crippen LogP contribution is 2.39. The molecule has 0 amide bonds. The summed E-state index contributed by atoms with van der Waals surface area (Å²) in [4.78, 5) is 8.22. The van der Waals surface area contributed by atoms with Gasteiger partial charge in [0.1, 0.15) is 11.8 Å². The van der Waals surface area contributed by atoms with Crippen LogP contribution in [0.1, 0.15) is 43.3 Å². The molecule has 3 heterocycles. The molecule has 0 saturated heterocycles. The van der Waals surface area contributed by atoms with Crippen LogP contribution in [0.3, 0.4) is 0 Å². The lowest BCUT2D eigenvalue weighted by atomic mass is 10.1. The summed E-state index contributed by atoms with van der Waals surface area (Å²) < 4.78 is 7.14. The first-order valence-corrected chi connectivity index (χ1v) is 8.35. The summed E-state index contributed by atoms with van der Waals surface area (Å²) in [5, 5.41) is 15.0. The van der Waals surface area contributed by atoms with Crippen molar-refractivity contribution in [3.63, 3.8) is 0 Å². The molecule has 0 bridgehead atoms. The van der Waals surface area contributed by atoms with Crippen molar-refractivity contribution < 1.29 is 9.52 Å². The van der Waals surface area contributed by atoms with Crippen LogP contribution in [0.25, 0.3) is 4.96 Å². The second-order valence-electron chi connectivity index (χ2n) is 5.01. The van der Waals surface area contributed by atoms with Gasteiger partial charge in [0.05, 0.1) is 11.1 Å². The van der Waals surface area contributed by atoms with Crippen molar-refractivity contribution in [2.75, 3.05) is 13.1 Å². The Bertz CT molecular complexity index is 743. The van der Waals surface area contributed by atoms with Gasteiger partial charge >= 0.3 is 0 Å². The molecule has 6 nitrogen and oxygen atoms in total. The normalized spacial score (nSPS) is 13.3. The molecule has 0 aliphatic heterocycles. The third-order valence-corrected chi connectivity index (χ3v) is 4.87. The predicted molar refractivity (Wildman–Crippen MR) is 85.4 cm³/mol. The van der Waals surface area contributed by atoms with Crippen molar-refractivity contribution in [2.45, 2.75) is 33.2 Å². The van der Waals surface area contributed by atoms with Crippen LogP contribution in [0.4, 0.5) is 0 Å². The van der Waals surface area contributed by atoms with Crippen LogP contribution in [0.5, 0.6) is 5.88 Å². The third kappa shape index (κ3) is 2.40. The lowest BCUT2D eigenvalue weighted by molar-refractivity contribution is 0.222. The van der Waals surface area contributed by atoms with Gasteiger partial charge in [-0.2, -0.15) is 4.52 Å². The summed E-state index contributed by atoms with van der Waals surface area (Å²) in [6.07, 6.45) is 2.41. The van der Waals surface area contributed by atoms with E-state index in [1.54, 1.807) is 6.26 Å². The van der Waals surface area contributed by atoms with E-state index in [0.29, 0.717) is 4.96 Å². The molecular formula is C15H20N4O2S. The summed E-state index contributed by atoms with van der Waals surface area (Å²) in [7, 11) is 0. The minimum atomic E-state index is -0.122. The molecule has 0 saturated carbocycles. The predicted octanol–water partition coefficient (Wildman–Crippen LogP) is 3.08. The fourth-order valence-corrected chi connectivity index (χ4v) is 3.75. The van der Waals surface area contributed by atoms with E-state index in [2.05, 4.69) is 28.8 Å². The van der Waals surface area contributed by atoms with Crippen LogP contribution >= 0.6 is 11.3 Å². The molecule has 1 atom stereocenters. The third-order valence-electron chi connectivity index (χ3n) is 3.80. The summed E-state index contributed by atoms with van der Waals surface area (Å²) in [5.41, 5.74) is 0. The summed E-state index contributed by atoms with van der Waals surface area (Å²) in [5.74, 6) is 1.71. The number of rotatable bonds is 6. The highest BCUT2D eigenvalue weighted by molar-refractivity contribution is 7.17. The molecular weight excluding hydrogens is 300 g/mol. The van der Waals surface area contributed by atoms with Gasteiger partial charge in [-0.25, -0.2) is 4.98 Å². The van der Waals surface area contributed by atoms with Gasteiger partial charge in [-0.3, -0.25) is 4.90 Å². The summed E-state index contributed by atoms with van der Waals surface area (Å²) >= 11 is 1.46. The Balaban J connectivity index is 2.11. The Morgan fingerprint density at radius 3 is 2.68 bits per heavy atom. The van der Waals surface area contributed by atoms with Crippen LogP contribution < -0.4 is 0 Å². The molecule has 0 fully saturated rings. The molecule has 0 aromatic carbocycles. The zero-order valence-electron chi connectivity index (χ0n) is 13.0. The smallest absolute Gasteiger partial charge is 0.230 e. The van der Waals surface area contributed by atoms with E-state index in [4.69, 9.17) is 4.42 Å². The van der Waals surface area contributed by atoms with Gasteiger partial charge in [0.25, 0.3) is 0 Å². The maximum Gasteiger partial charge on any atom is 0.230 e. The van der Waals surface area contributed by atoms with E-state index < -0.39 is 0 Å². The standard InChI is InChI=1S/C15H20N4O2S/c1-4-11-16-15-19(17-11)14(20)13(22-15)12(18(5-2)6-3)10-8-7-9-21-10/h7-9,12,20H,4-6H2,1-3H3. The molecule has 0 aliphatic carbocycles. The molecule has 118 valence electrons. The topological polar surface area (TPSA) is 66.8 Å². The molecule has 3 rings (SSSR count). The van der Waals surface area contributed by atoms with Crippen molar-refractivity contribution in [3.8, 4) is 5.88 Å². The number of thiazole rings is 1. The van der Waals surface area contributed by atoms with Gasteiger partial charge in [-0.1, -0.05) is 32.1 Å². The number of furan rings is 1. The van der Waals surface area contributed by atoms with Crippen LogP contribution in [-0.2, 0) is 6.42 Å². The van der Waals surface area contributed by atoms with Gasteiger partial charge < -0.3 is 9.52 Å². The van der Waals surface area contributed by atoms with Gasteiger partial charge in [0.2, 0.25) is 10.8 Å². The van der Waals surface area contributed by atoms with Crippen molar-refractivity contribution in [2.24, 2.45) is 0 Å². The number of aryl methyl sites for hydroxylation is 1. The zero-order chi connectivity index (χ0) is 15.7. The average Bonchev–Trinajstić information content (AvgIpc) is 3.23. The molecule has 3 aromatic rings. The van der Waals surface area contributed by atoms with Crippen LogP contribution in [0.15, 0.2) is 22.8 Å². The van der Waals surface area contributed by atoms with Crippen LogP contribution in [0, 0.1) is 0 Å². The van der Waals surface area contributed by atoms with Gasteiger partial charge in [-0.15, -0.1) is 5.10 Å². The first-order chi connectivity index (χ1) is 10.7. The molecule has 0 spiro atoms. The zero-order valence-corrected chi connectivity index (χ0v) is 13.8. The van der Waals surface area contributed by atoms with Crippen molar-refractivity contribution in [1.82, 2.24) is 19.5 Å². The maximum atomic E-state index is 10.6. The van der Waals surface area contributed by atoms with E-state index in [1.165, 1.54) is 15.9 Å². The molecule has 1 N–H and O–H groups in total.